The molecule has 96 valence electrons. The van der Waals surface area contributed by atoms with Crippen molar-refractivity contribution in [2.24, 2.45) is 0 Å². The van der Waals surface area contributed by atoms with Crippen LogP contribution in [0.3, 0.4) is 0 Å². The molecule has 0 unspecified atom stereocenters. The summed E-state index contributed by atoms with van der Waals surface area (Å²) in [5, 5.41) is 0. The molecule has 1 aromatic carbocycles. The first-order valence-corrected chi connectivity index (χ1v) is 7.01. The van der Waals surface area contributed by atoms with E-state index in [-0.39, 0.29) is 17.9 Å². The van der Waals surface area contributed by atoms with E-state index in [1.807, 2.05) is 6.92 Å². The Balaban J connectivity index is 2.64. The predicted octanol–water partition coefficient (Wildman–Crippen LogP) is 2.18. The van der Waals surface area contributed by atoms with Gasteiger partial charge in [-0.05, 0) is 24.6 Å². The van der Waals surface area contributed by atoms with Crippen LogP contribution in [0.1, 0.15) is 25.3 Å². The summed E-state index contributed by atoms with van der Waals surface area (Å²) in [4.78, 5) is 0. The Morgan fingerprint density at radius 2 is 2.00 bits per heavy atom. The Kier molecular flexibility index (Phi) is 5.02. The Labute approximate surface area is 99.9 Å². The first-order chi connectivity index (χ1) is 7.94. The molecule has 0 saturated heterocycles. The molecule has 0 radical (unpaired) electrons. The number of halogens is 2. The molecule has 0 aliphatic heterocycles. The van der Waals surface area contributed by atoms with Crippen molar-refractivity contribution in [1.29, 1.82) is 0 Å². The van der Waals surface area contributed by atoms with E-state index in [2.05, 4.69) is 4.72 Å². The van der Waals surface area contributed by atoms with E-state index in [1.54, 1.807) is 0 Å². The topological polar surface area (TPSA) is 46.2 Å². The van der Waals surface area contributed by atoms with E-state index in [1.165, 1.54) is 0 Å². The van der Waals surface area contributed by atoms with Gasteiger partial charge in [0.1, 0.15) is 11.6 Å². The van der Waals surface area contributed by atoms with Crippen molar-refractivity contribution >= 4 is 10.0 Å². The summed E-state index contributed by atoms with van der Waals surface area (Å²) in [6, 6.07) is 2.95. The highest BCUT2D eigenvalue weighted by Crippen LogP contribution is 2.09. The SMILES string of the molecule is CCCCS(=O)(=O)NCc1cc(F)ccc1F. The zero-order valence-corrected chi connectivity index (χ0v) is 10.4. The van der Waals surface area contributed by atoms with Gasteiger partial charge in [0.2, 0.25) is 10.0 Å². The Bertz CT molecular complexity index is 474. The maximum absolute atomic E-state index is 13.2. The molecule has 0 atom stereocenters. The van der Waals surface area contributed by atoms with Crippen LogP contribution >= 0.6 is 0 Å². The number of sulfonamides is 1. The second-order valence-corrected chi connectivity index (χ2v) is 5.66. The molecular weight excluding hydrogens is 248 g/mol. The summed E-state index contributed by atoms with van der Waals surface area (Å²) in [7, 11) is -3.41. The fourth-order valence-electron chi connectivity index (χ4n) is 1.27. The zero-order valence-electron chi connectivity index (χ0n) is 9.54. The third-order valence-electron chi connectivity index (χ3n) is 2.26. The highest BCUT2D eigenvalue weighted by atomic mass is 32.2. The zero-order chi connectivity index (χ0) is 12.9. The summed E-state index contributed by atoms with van der Waals surface area (Å²) in [6.45, 7) is 1.65. The molecule has 0 spiro atoms. The predicted molar refractivity (Wildman–Crippen MR) is 61.9 cm³/mol. The minimum absolute atomic E-state index is 0.000431. The lowest BCUT2D eigenvalue weighted by Gasteiger charge is -2.07. The average Bonchev–Trinajstić information content (AvgIpc) is 2.28. The molecule has 0 aliphatic carbocycles. The molecule has 17 heavy (non-hydrogen) atoms. The lowest BCUT2D eigenvalue weighted by atomic mass is 10.2. The number of hydrogen-bond acceptors (Lipinski definition) is 2. The van der Waals surface area contributed by atoms with Crippen LogP contribution in [-0.2, 0) is 16.6 Å². The minimum atomic E-state index is -3.41. The van der Waals surface area contributed by atoms with Crippen molar-refractivity contribution in [2.45, 2.75) is 26.3 Å². The van der Waals surface area contributed by atoms with Crippen molar-refractivity contribution < 1.29 is 17.2 Å². The van der Waals surface area contributed by atoms with E-state index < -0.39 is 21.7 Å². The molecule has 1 N–H and O–H groups in total. The molecule has 0 heterocycles. The molecule has 0 fully saturated rings. The first kappa shape index (κ1) is 14.1. The van der Waals surface area contributed by atoms with Gasteiger partial charge in [0.05, 0.1) is 5.75 Å². The van der Waals surface area contributed by atoms with Crippen LogP contribution in [0.5, 0.6) is 0 Å². The van der Waals surface area contributed by atoms with Crippen molar-refractivity contribution in [3.63, 3.8) is 0 Å². The molecule has 0 aliphatic rings. The van der Waals surface area contributed by atoms with Gasteiger partial charge in [0.15, 0.2) is 0 Å². The first-order valence-electron chi connectivity index (χ1n) is 5.36. The summed E-state index contributed by atoms with van der Waals surface area (Å²) < 4.78 is 51.1. The molecular formula is C11H15F2NO2S. The van der Waals surface area contributed by atoms with E-state index in [0.29, 0.717) is 6.42 Å². The van der Waals surface area contributed by atoms with Crippen molar-refractivity contribution in [1.82, 2.24) is 4.72 Å². The van der Waals surface area contributed by atoms with Gasteiger partial charge in [0.25, 0.3) is 0 Å². The standard InChI is InChI=1S/C11H15F2NO2S/c1-2-3-6-17(15,16)14-8-9-7-10(12)4-5-11(9)13/h4-5,7,14H,2-3,6,8H2,1H3. The van der Waals surface area contributed by atoms with Crippen LogP contribution in [-0.4, -0.2) is 14.2 Å². The van der Waals surface area contributed by atoms with Gasteiger partial charge < -0.3 is 0 Å². The lowest BCUT2D eigenvalue weighted by molar-refractivity contribution is 0.565. The second kappa shape index (κ2) is 6.07. The van der Waals surface area contributed by atoms with Gasteiger partial charge in [-0.1, -0.05) is 13.3 Å². The third-order valence-corrected chi connectivity index (χ3v) is 3.67. The fourth-order valence-corrected chi connectivity index (χ4v) is 2.46. The minimum Gasteiger partial charge on any atom is -0.212 e. The lowest BCUT2D eigenvalue weighted by Crippen LogP contribution is -2.26. The highest BCUT2D eigenvalue weighted by molar-refractivity contribution is 7.89. The molecule has 0 bridgehead atoms. The van der Waals surface area contributed by atoms with Crippen molar-refractivity contribution in [2.75, 3.05) is 5.75 Å². The quantitative estimate of drug-likeness (QED) is 0.855. The van der Waals surface area contributed by atoms with E-state index in [0.717, 1.165) is 24.6 Å². The number of unbranched alkanes of at least 4 members (excludes halogenated alkanes) is 1. The highest BCUT2D eigenvalue weighted by Gasteiger charge is 2.11. The number of rotatable bonds is 6. The molecule has 0 saturated carbocycles. The van der Waals surface area contributed by atoms with E-state index in [9.17, 15) is 17.2 Å². The molecule has 0 amide bonds. The molecule has 6 heteroatoms. The van der Waals surface area contributed by atoms with Gasteiger partial charge in [-0.3, -0.25) is 0 Å². The number of benzene rings is 1. The van der Waals surface area contributed by atoms with Crippen LogP contribution < -0.4 is 4.72 Å². The monoisotopic (exact) mass is 263 g/mol. The number of nitrogens with one attached hydrogen (secondary N) is 1. The average molecular weight is 263 g/mol. The van der Waals surface area contributed by atoms with Crippen LogP contribution in [0.25, 0.3) is 0 Å². The Hall–Kier alpha value is -1.01. The van der Waals surface area contributed by atoms with Crippen LogP contribution in [0.4, 0.5) is 8.78 Å². The normalized spacial score (nSPS) is 11.7. The van der Waals surface area contributed by atoms with Gasteiger partial charge in [-0.25, -0.2) is 21.9 Å². The molecule has 3 nitrogen and oxygen atoms in total. The smallest absolute Gasteiger partial charge is 0.211 e. The maximum atomic E-state index is 13.2. The molecule has 0 aromatic heterocycles. The van der Waals surface area contributed by atoms with Gasteiger partial charge >= 0.3 is 0 Å². The van der Waals surface area contributed by atoms with E-state index >= 15 is 0 Å². The van der Waals surface area contributed by atoms with Crippen LogP contribution in [0.2, 0.25) is 0 Å². The van der Waals surface area contributed by atoms with Gasteiger partial charge in [-0.15, -0.1) is 0 Å². The van der Waals surface area contributed by atoms with Gasteiger partial charge in [0, 0.05) is 12.1 Å². The second-order valence-electron chi connectivity index (χ2n) is 3.73. The molecule has 1 aromatic rings. The summed E-state index contributed by atoms with van der Waals surface area (Å²) in [5.74, 6) is -1.21. The summed E-state index contributed by atoms with van der Waals surface area (Å²) in [6.07, 6.45) is 1.30. The van der Waals surface area contributed by atoms with Crippen molar-refractivity contribution in [3.8, 4) is 0 Å². The summed E-state index contributed by atoms with van der Waals surface area (Å²) >= 11 is 0. The number of hydrogen-bond donors (Lipinski definition) is 1. The van der Waals surface area contributed by atoms with Crippen LogP contribution in [0.15, 0.2) is 18.2 Å². The van der Waals surface area contributed by atoms with Gasteiger partial charge in [-0.2, -0.15) is 0 Å². The fraction of sp³-hybridized carbons (Fsp3) is 0.455. The van der Waals surface area contributed by atoms with Crippen molar-refractivity contribution in [3.05, 3.63) is 35.4 Å². The van der Waals surface area contributed by atoms with Crippen LogP contribution in [0, 0.1) is 11.6 Å². The Morgan fingerprint density at radius 3 is 2.65 bits per heavy atom. The molecule has 1 rings (SSSR count). The maximum Gasteiger partial charge on any atom is 0.211 e. The summed E-state index contributed by atoms with van der Waals surface area (Å²) in [5.41, 5.74) is 0.00470. The third kappa shape index (κ3) is 4.79. The van der Waals surface area contributed by atoms with E-state index in [4.69, 9.17) is 0 Å². The largest absolute Gasteiger partial charge is 0.212 e. The Morgan fingerprint density at radius 1 is 1.29 bits per heavy atom.